The third-order valence-electron chi connectivity index (χ3n) is 5.56. The summed E-state index contributed by atoms with van der Waals surface area (Å²) in [6.07, 6.45) is 0. The zero-order valence-electron chi connectivity index (χ0n) is 17.9. The minimum Gasteiger partial charge on any atom is -0.378 e. The van der Waals surface area contributed by atoms with E-state index >= 15 is 0 Å². The lowest BCUT2D eigenvalue weighted by molar-refractivity contribution is 0.102. The number of carbonyl (C=O) groups is 1. The molecule has 3 aromatic rings. The van der Waals surface area contributed by atoms with Crippen molar-refractivity contribution >= 4 is 29.0 Å². The summed E-state index contributed by atoms with van der Waals surface area (Å²) in [5.41, 5.74) is 5.31. The first-order valence-corrected chi connectivity index (χ1v) is 10.7. The zero-order chi connectivity index (χ0) is 21.9. The van der Waals surface area contributed by atoms with Crippen LogP contribution in [0.4, 0.5) is 23.1 Å². The van der Waals surface area contributed by atoms with E-state index in [1.54, 1.807) is 0 Å². The molecule has 0 aliphatic carbocycles. The fourth-order valence-electron chi connectivity index (χ4n) is 3.84. The molecular formula is C24H25N5O3. The molecule has 1 aromatic heterocycles. The van der Waals surface area contributed by atoms with E-state index < -0.39 is 0 Å². The summed E-state index contributed by atoms with van der Waals surface area (Å²) in [5, 5.41) is 6.20. The van der Waals surface area contributed by atoms with Crippen LogP contribution in [-0.4, -0.2) is 42.2 Å². The van der Waals surface area contributed by atoms with Crippen molar-refractivity contribution in [3.63, 3.8) is 0 Å². The molecule has 2 aliphatic rings. The first kappa shape index (κ1) is 20.4. The number of hydrogen-bond acceptors (Lipinski definition) is 7. The van der Waals surface area contributed by atoms with E-state index in [-0.39, 0.29) is 5.91 Å². The van der Waals surface area contributed by atoms with E-state index in [0.717, 1.165) is 47.1 Å². The van der Waals surface area contributed by atoms with Gasteiger partial charge in [-0.3, -0.25) is 4.79 Å². The highest BCUT2D eigenvalue weighted by Gasteiger charge is 2.16. The lowest BCUT2D eigenvalue weighted by Crippen LogP contribution is -2.36. The number of amides is 1. The summed E-state index contributed by atoms with van der Waals surface area (Å²) < 4.78 is 10.8. The molecule has 0 bridgehead atoms. The molecule has 164 valence electrons. The van der Waals surface area contributed by atoms with Crippen LogP contribution in [0.2, 0.25) is 0 Å². The van der Waals surface area contributed by atoms with Crippen LogP contribution in [0.25, 0.3) is 0 Å². The van der Waals surface area contributed by atoms with Gasteiger partial charge in [0.1, 0.15) is 5.82 Å². The van der Waals surface area contributed by atoms with Crippen molar-refractivity contribution in [3.05, 3.63) is 70.9 Å². The fraction of sp³-hybridized carbons (Fsp3) is 0.292. The van der Waals surface area contributed by atoms with Crippen LogP contribution in [0.3, 0.4) is 0 Å². The molecule has 1 saturated heterocycles. The monoisotopic (exact) mass is 431 g/mol. The maximum atomic E-state index is 12.6. The number of anilines is 4. The summed E-state index contributed by atoms with van der Waals surface area (Å²) >= 11 is 0. The average Bonchev–Trinajstić information content (AvgIpc) is 3.28. The van der Waals surface area contributed by atoms with E-state index in [1.165, 1.54) is 0 Å². The second-order valence-electron chi connectivity index (χ2n) is 7.92. The minimum absolute atomic E-state index is 0.141. The largest absolute Gasteiger partial charge is 0.378 e. The topological polar surface area (TPSA) is 88.6 Å². The lowest BCUT2D eigenvalue weighted by atomic mass is 10.1. The lowest BCUT2D eigenvalue weighted by Gasteiger charge is -2.28. The number of benzene rings is 2. The predicted octanol–water partition coefficient (Wildman–Crippen LogP) is 3.65. The number of rotatable bonds is 5. The maximum absolute atomic E-state index is 12.6. The van der Waals surface area contributed by atoms with Crippen LogP contribution < -0.4 is 15.5 Å². The fourth-order valence-corrected chi connectivity index (χ4v) is 3.84. The number of carbonyl (C=O) groups excluding carboxylic acids is 1. The van der Waals surface area contributed by atoms with E-state index in [9.17, 15) is 4.79 Å². The summed E-state index contributed by atoms with van der Waals surface area (Å²) in [5.74, 6) is 1.30. The van der Waals surface area contributed by atoms with Crippen molar-refractivity contribution in [1.82, 2.24) is 9.97 Å². The standard InChI is InChI=1S/C24H25N5O3/c1-16-12-22(29-8-10-31-11-9-29)28-24(25-16)27-21-6-4-20(5-7-21)26-23(30)17-2-3-18-14-32-15-19(18)13-17/h2-7,12-13H,8-11,14-15H2,1H3,(H,26,30)(H,25,27,28). The van der Waals surface area contributed by atoms with Crippen LogP contribution >= 0.6 is 0 Å². The molecule has 0 radical (unpaired) electrons. The molecule has 2 N–H and O–H groups in total. The average molecular weight is 431 g/mol. The first-order valence-electron chi connectivity index (χ1n) is 10.7. The molecule has 0 atom stereocenters. The Hall–Kier alpha value is -3.49. The molecule has 8 heteroatoms. The molecule has 2 aliphatic heterocycles. The van der Waals surface area contributed by atoms with Crippen molar-refractivity contribution in [2.75, 3.05) is 41.8 Å². The molecule has 0 saturated carbocycles. The van der Waals surface area contributed by atoms with Crippen molar-refractivity contribution in [2.24, 2.45) is 0 Å². The first-order chi connectivity index (χ1) is 15.6. The van der Waals surface area contributed by atoms with Gasteiger partial charge in [0, 0.05) is 41.8 Å². The van der Waals surface area contributed by atoms with Gasteiger partial charge < -0.3 is 25.0 Å². The zero-order valence-corrected chi connectivity index (χ0v) is 17.9. The van der Waals surface area contributed by atoms with Crippen molar-refractivity contribution in [3.8, 4) is 0 Å². The van der Waals surface area contributed by atoms with Crippen LogP contribution in [0.5, 0.6) is 0 Å². The van der Waals surface area contributed by atoms with Gasteiger partial charge in [-0.1, -0.05) is 6.07 Å². The Bertz CT molecular complexity index is 1130. The van der Waals surface area contributed by atoms with Gasteiger partial charge >= 0.3 is 0 Å². The van der Waals surface area contributed by atoms with Gasteiger partial charge in [0.05, 0.1) is 26.4 Å². The number of nitrogens with one attached hydrogen (secondary N) is 2. The summed E-state index contributed by atoms with van der Waals surface area (Å²) in [7, 11) is 0. The number of hydrogen-bond donors (Lipinski definition) is 2. The van der Waals surface area contributed by atoms with E-state index in [0.29, 0.717) is 37.9 Å². The second-order valence-corrected chi connectivity index (χ2v) is 7.92. The molecule has 3 heterocycles. The van der Waals surface area contributed by atoms with Gasteiger partial charge in [0.2, 0.25) is 5.95 Å². The van der Waals surface area contributed by atoms with Gasteiger partial charge in [-0.25, -0.2) is 4.98 Å². The highest BCUT2D eigenvalue weighted by Crippen LogP contribution is 2.23. The van der Waals surface area contributed by atoms with Gasteiger partial charge in [-0.15, -0.1) is 0 Å². The Balaban J connectivity index is 1.25. The van der Waals surface area contributed by atoms with Crippen molar-refractivity contribution in [2.45, 2.75) is 20.1 Å². The van der Waals surface area contributed by atoms with Gasteiger partial charge in [0.25, 0.3) is 5.91 Å². The number of fused-ring (bicyclic) bond motifs is 1. The molecule has 1 amide bonds. The van der Waals surface area contributed by atoms with Crippen LogP contribution in [0.1, 0.15) is 27.2 Å². The summed E-state index contributed by atoms with van der Waals surface area (Å²) in [6.45, 7) is 6.19. The van der Waals surface area contributed by atoms with Crippen molar-refractivity contribution in [1.29, 1.82) is 0 Å². The van der Waals surface area contributed by atoms with E-state index in [4.69, 9.17) is 9.47 Å². The molecule has 0 spiro atoms. The normalized spacial score (nSPS) is 15.3. The van der Waals surface area contributed by atoms with Crippen LogP contribution in [0, 0.1) is 6.92 Å². The van der Waals surface area contributed by atoms with Gasteiger partial charge in [-0.2, -0.15) is 4.98 Å². The molecule has 32 heavy (non-hydrogen) atoms. The maximum Gasteiger partial charge on any atom is 0.255 e. The van der Waals surface area contributed by atoms with E-state index in [1.807, 2.05) is 55.5 Å². The van der Waals surface area contributed by atoms with Crippen LogP contribution in [0.15, 0.2) is 48.5 Å². The number of aryl methyl sites for hydroxylation is 1. The summed E-state index contributed by atoms with van der Waals surface area (Å²) in [6, 6.07) is 15.2. The van der Waals surface area contributed by atoms with Gasteiger partial charge in [0.15, 0.2) is 0 Å². The SMILES string of the molecule is Cc1cc(N2CCOCC2)nc(Nc2ccc(NC(=O)c3ccc4c(c3)COC4)cc2)n1. The molecule has 2 aromatic carbocycles. The number of nitrogens with zero attached hydrogens (tertiary/aromatic N) is 3. The Kier molecular flexibility index (Phi) is 5.70. The molecule has 5 rings (SSSR count). The number of ether oxygens (including phenoxy) is 2. The van der Waals surface area contributed by atoms with Crippen molar-refractivity contribution < 1.29 is 14.3 Å². The van der Waals surface area contributed by atoms with Gasteiger partial charge in [-0.05, 0) is 54.4 Å². The molecular weight excluding hydrogens is 406 g/mol. The predicted molar refractivity (Wildman–Crippen MR) is 122 cm³/mol. The van der Waals surface area contributed by atoms with Crippen LogP contribution in [-0.2, 0) is 22.7 Å². The smallest absolute Gasteiger partial charge is 0.255 e. The quantitative estimate of drug-likeness (QED) is 0.637. The second kappa shape index (κ2) is 8.94. The third kappa shape index (κ3) is 4.56. The third-order valence-corrected chi connectivity index (χ3v) is 5.56. The number of aromatic nitrogens is 2. The Morgan fingerprint density at radius 1 is 0.906 bits per heavy atom. The minimum atomic E-state index is -0.141. The Labute approximate surface area is 186 Å². The Morgan fingerprint density at radius 3 is 2.47 bits per heavy atom. The van der Waals surface area contributed by atoms with E-state index in [2.05, 4.69) is 25.5 Å². The highest BCUT2D eigenvalue weighted by atomic mass is 16.5. The number of morpholine rings is 1. The molecule has 0 unspecified atom stereocenters. The molecule has 8 nitrogen and oxygen atoms in total. The molecule has 1 fully saturated rings. The Morgan fingerprint density at radius 2 is 1.66 bits per heavy atom. The highest BCUT2D eigenvalue weighted by molar-refractivity contribution is 6.04. The summed E-state index contributed by atoms with van der Waals surface area (Å²) in [4.78, 5) is 24.0.